The van der Waals surface area contributed by atoms with E-state index in [1.54, 1.807) is 0 Å². The Labute approximate surface area is 113 Å². The summed E-state index contributed by atoms with van der Waals surface area (Å²) in [6.07, 6.45) is 2.92. The number of halogens is 1. The fourth-order valence-corrected chi connectivity index (χ4v) is 2.35. The zero-order valence-corrected chi connectivity index (χ0v) is 11.9. The molecule has 1 aliphatic rings. The molecule has 2 rings (SSSR count). The molecule has 1 aliphatic carbocycles. The molecule has 0 aromatic heterocycles. The summed E-state index contributed by atoms with van der Waals surface area (Å²) in [5.74, 6) is 1.12. The zero-order chi connectivity index (χ0) is 13.3. The Bertz CT molecular complexity index is 476. The first kappa shape index (κ1) is 13.4. The summed E-state index contributed by atoms with van der Waals surface area (Å²) in [4.78, 5) is 12.4. The maximum Gasteiger partial charge on any atom is 0.169 e. The minimum absolute atomic E-state index is 0.186. The molecular weight excluding hydrogens is 248 g/mol. The fraction of sp³-hybridized carbons (Fsp3) is 0.533. The van der Waals surface area contributed by atoms with Crippen molar-refractivity contribution in [2.24, 2.45) is 5.92 Å². The van der Waals surface area contributed by atoms with E-state index >= 15 is 0 Å². The number of rotatable bonds is 5. The molecule has 0 atom stereocenters. The minimum Gasteiger partial charge on any atom is -0.493 e. The van der Waals surface area contributed by atoms with Gasteiger partial charge in [0, 0.05) is 10.9 Å². The van der Waals surface area contributed by atoms with E-state index in [0.717, 1.165) is 36.1 Å². The Kier molecular flexibility index (Phi) is 3.96. The smallest absolute Gasteiger partial charge is 0.169 e. The van der Waals surface area contributed by atoms with Gasteiger partial charge in [0.1, 0.15) is 5.75 Å². The second-order valence-corrected chi connectivity index (χ2v) is 5.40. The highest BCUT2D eigenvalue weighted by Gasteiger charge is 2.34. The SMILES string of the molecule is CCCOc1c(C)cc(Cl)c(C)c1C(=O)C1CC1. The lowest BCUT2D eigenvalue weighted by Gasteiger charge is -2.16. The average Bonchev–Trinajstić information content (AvgIpc) is 3.15. The van der Waals surface area contributed by atoms with Gasteiger partial charge in [0.25, 0.3) is 0 Å². The first-order valence-electron chi connectivity index (χ1n) is 6.53. The van der Waals surface area contributed by atoms with E-state index in [9.17, 15) is 4.79 Å². The lowest BCUT2D eigenvalue weighted by molar-refractivity contribution is 0.0962. The molecule has 1 aromatic rings. The molecule has 98 valence electrons. The van der Waals surface area contributed by atoms with Crippen LogP contribution < -0.4 is 4.74 Å². The van der Waals surface area contributed by atoms with Crippen LogP contribution in [0.2, 0.25) is 5.02 Å². The number of hydrogen-bond acceptors (Lipinski definition) is 2. The topological polar surface area (TPSA) is 26.3 Å². The van der Waals surface area contributed by atoms with Crippen LogP contribution in [0.3, 0.4) is 0 Å². The van der Waals surface area contributed by atoms with Crippen LogP contribution in [0.5, 0.6) is 5.75 Å². The van der Waals surface area contributed by atoms with Crippen molar-refractivity contribution in [3.05, 3.63) is 27.8 Å². The Morgan fingerprint density at radius 3 is 2.67 bits per heavy atom. The maximum absolute atomic E-state index is 12.4. The minimum atomic E-state index is 0.186. The fourth-order valence-electron chi connectivity index (χ4n) is 2.09. The summed E-state index contributed by atoms with van der Waals surface area (Å²) in [6.45, 7) is 6.53. The summed E-state index contributed by atoms with van der Waals surface area (Å²) in [5.41, 5.74) is 2.50. The molecule has 0 N–H and O–H groups in total. The van der Waals surface area contributed by atoms with Gasteiger partial charge in [-0.2, -0.15) is 0 Å². The lowest BCUT2D eigenvalue weighted by Crippen LogP contribution is -2.10. The van der Waals surface area contributed by atoms with Gasteiger partial charge in [0.05, 0.1) is 12.2 Å². The Morgan fingerprint density at radius 2 is 2.11 bits per heavy atom. The van der Waals surface area contributed by atoms with E-state index in [1.807, 2.05) is 19.9 Å². The van der Waals surface area contributed by atoms with Gasteiger partial charge in [-0.3, -0.25) is 4.79 Å². The number of hydrogen-bond donors (Lipinski definition) is 0. The van der Waals surface area contributed by atoms with E-state index in [4.69, 9.17) is 16.3 Å². The van der Waals surface area contributed by atoms with Crippen LogP contribution >= 0.6 is 11.6 Å². The summed E-state index contributed by atoms with van der Waals surface area (Å²) < 4.78 is 5.77. The molecule has 2 nitrogen and oxygen atoms in total. The summed E-state index contributed by atoms with van der Waals surface area (Å²) in [7, 11) is 0. The van der Waals surface area contributed by atoms with Crippen molar-refractivity contribution >= 4 is 17.4 Å². The molecule has 0 unspecified atom stereocenters. The van der Waals surface area contributed by atoms with Crippen molar-refractivity contribution in [1.82, 2.24) is 0 Å². The Morgan fingerprint density at radius 1 is 1.44 bits per heavy atom. The van der Waals surface area contributed by atoms with Crippen molar-refractivity contribution in [1.29, 1.82) is 0 Å². The highest BCUT2D eigenvalue weighted by Crippen LogP contribution is 2.39. The normalized spacial score (nSPS) is 14.7. The highest BCUT2D eigenvalue weighted by molar-refractivity contribution is 6.32. The molecule has 3 heteroatoms. The van der Waals surface area contributed by atoms with Crippen LogP contribution in [0.25, 0.3) is 0 Å². The van der Waals surface area contributed by atoms with E-state index in [1.165, 1.54) is 0 Å². The van der Waals surface area contributed by atoms with Gasteiger partial charge in [-0.25, -0.2) is 0 Å². The molecule has 18 heavy (non-hydrogen) atoms. The quantitative estimate of drug-likeness (QED) is 0.741. The lowest BCUT2D eigenvalue weighted by atomic mass is 9.97. The van der Waals surface area contributed by atoms with E-state index in [2.05, 4.69) is 6.92 Å². The predicted molar refractivity (Wildman–Crippen MR) is 73.8 cm³/mol. The highest BCUT2D eigenvalue weighted by atomic mass is 35.5. The van der Waals surface area contributed by atoms with Gasteiger partial charge in [0.15, 0.2) is 5.78 Å². The van der Waals surface area contributed by atoms with Crippen LogP contribution in [0.15, 0.2) is 6.07 Å². The molecule has 0 spiro atoms. The largest absolute Gasteiger partial charge is 0.493 e. The number of carbonyl (C=O) groups is 1. The standard InChI is InChI=1S/C15H19ClO2/c1-4-7-18-15-9(2)8-12(16)10(3)13(15)14(17)11-5-6-11/h8,11H,4-7H2,1-3H3. The van der Waals surface area contributed by atoms with Crippen LogP contribution in [0.4, 0.5) is 0 Å². The van der Waals surface area contributed by atoms with E-state index < -0.39 is 0 Å². The first-order chi connectivity index (χ1) is 8.56. The van der Waals surface area contributed by atoms with Gasteiger partial charge in [-0.15, -0.1) is 0 Å². The number of ketones is 1. The number of Topliss-reactive ketones (excluding diaryl/α,β-unsaturated/α-hetero) is 1. The summed E-state index contributed by atoms with van der Waals surface area (Å²) in [5, 5.41) is 0.653. The van der Waals surface area contributed by atoms with Crippen molar-refractivity contribution in [2.75, 3.05) is 6.61 Å². The van der Waals surface area contributed by atoms with Crippen LogP contribution in [0, 0.1) is 19.8 Å². The van der Waals surface area contributed by atoms with Gasteiger partial charge in [0.2, 0.25) is 0 Å². The molecule has 0 bridgehead atoms. The van der Waals surface area contributed by atoms with E-state index in [0.29, 0.717) is 17.2 Å². The molecular formula is C15H19ClO2. The second kappa shape index (κ2) is 5.31. The van der Waals surface area contributed by atoms with Crippen LogP contribution in [0.1, 0.15) is 47.7 Å². The van der Waals surface area contributed by atoms with Crippen molar-refractivity contribution in [2.45, 2.75) is 40.0 Å². The molecule has 1 fully saturated rings. The molecule has 0 aliphatic heterocycles. The monoisotopic (exact) mass is 266 g/mol. The summed E-state index contributed by atoms with van der Waals surface area (Å²) >= 11 is 6.19. The maximum atomic E-state index is 12.4. The van der Waals surface area contributed by atoms with Gasteiger partial charge >= 0.3 is 0 Å². The molecule has 0 radical (unpaired) electrons. The van der Waals surface area contributed by atoms with Crippen molar-refractivity contribution in [3.8, 4) is 5.75 Å². The Hall–Kier alpha value is -1.02. The average molecular weight is 267 g/mol. The third kappa shape index (κ3) is 2.54. The first-order valence-corrected chi connectivity index (χ1v) is 6.90. The number of aryl methyl sites for hydroxylation is 1. The van der Waals surface area contributed by atoms with Crippen molar-refractivity contribution in [3.63, 3.8) is 0 Å². The number of carbonyl (C=O) groups excluding carboxylic acids is 1. The molecule has 1 saturated carbocycles. The predicted octanol–water partition coefficient (Wildman–Crippen LogP) is 4.34. The molecule has 0 saturated heterocycles. The van der Waals surface area contributed by atoms with Crippen molar-refractivity contribution < 1.29 is 9.53 Å². The van der Waals surface area contributed by atoms with Gasteiger partial charge < -0.3 is 4.74 Å². The third-order valence-electron chi connectivity index (χ3n) is 3.31. The molecule has 0 amide bonds. The zero-order valence-electron chi connectivity index (χ0n) is 11.2. The van der Waals surface area contributed by atoms with Gasteiger partial charge in [-0.1, -0.05) is 18.5 Å². The van der Waals surface area contributed by atoms with Crippen LogP contribution in [-0.2, 0) is 0 Å². The van der Waals surface area contributed by atoms with Gasteiger partial charge in [-0.05, 0) is 50.3 Å². The number of benzene rings is 1. The van der Waals surface area contributed by atoms with E-state index in [-0.39, 0.29) is 11.7 Å². The molecule has 0 heterocycles. The summed E-state index contributed by atoms with van der Waals surface area (Å²) in [6, 6.07) is 1.88. The third-order valence-corrected chi connectivity index (χ3v) is 3.70. The Balaban J connectivity index is 2.47. The molecule has 1 aromatic carbocycles. The van der Waals surface area contributed by atoms with Crippen LogP contribution in [-0.4, -0.2) is 12.4 Å². The number of ether oxygens (including phenoxy) is 1. The second-order valence-electron chi connectivity index (χ2n) is 4.99.